The Morgan fingerprint density at radius 3 is 2.35 bits per heavy atom. The number of hydrogen-bond donors (Lipinski definition) is 1. The normalized spacial score (nSPS) is 11.8. The average molecular weight is 299 g/mol. The van der Waals surface area contributed by atoms with Gasteiger partial charge in [-0.3, -0.25) is 0 Å². The Bertz CT molecular complexity index is 480. The van der Waals surface area contributed by atoms with Gasteiger partial charge in [0.15, 0.2) is 9.84 Å². The van der Waals surface area contributed by atoms with Gasteiger partial charge in [0.1, 0.15) is 0 Å². The number of rotatable bonds is 9. The summed E-state index contributed by atoms with van der Waals surface area (Å²) in [6.45, 7) is 8.16. The summed E-state index contributed by atoms with van der Waals surface area (Å²) in [5, 5.41) is 3.21. The zero-order valence-corrected chi connectivity index (χ0v) is 13.4. The summed E-state index contributed by atoms with van der Waals surface area (Å²) in [5.74, 6) is 0.791. The van der Waals surface area contributed by atoms with Gasteiger partial charge in [-0.05, 0) is 36.6 Å². The predicted molar refractivity (Wildman–Crippen MR) is 82.9 cm³/mol. The predicted octanol–water partition coefficient (Wildman–Crippen LogP) is 2.95. The topological polar surface area (TPSA) is 55.4 Å². The minimum absolute atomic E-state index is 0.128. The first-order valence-corrected chi connectivity index (χ1v) is 8.75. The van der Waals surface area contributed by atoms with Crippen LogP contribution in [0.4, 0.5) is 5.69 Å². The third-order valence-corrected chi connectivity index (χ3v) is 4.76. The Morgan fingerprint density at radius 2 is 1.80 bits per heavy atom. The lowest BCUT2D eigenvalue weighted by molar-refractivity contribution is 0.132. The van der Waals surface area contributed by atoms with Gasteiger partial charge in [0, 0.05) is 18.8 Å². The highest BCUT2D eigenvalue weighted by Gasteiger charge is 2.10. The van der Waals surface area contributed by atoms with Gasteiger partial charge in [0.05, 0.1) is 17.3 Å². The molecule has 0 aromatic heterocycles. The molecular weight excluding hydrogens is 274 g/mol. The van der Waals surface area contributed by atoms with Gasteiger partial charge in [-0.25, -0.2) is 8.42 Å². The molecule has 0 radical (unpaired) electrons. The highest BCUT2D eigenvalue weighted by atomic mass is 32.2. The second kappa shape index (κ2) is 8.27. The van der Waals surface area contributed by atoms with Crippen LogP contribution in [-0.2, 0) is 14.6 Å². The first-order chi connectivity index (χ1) is 9.45. The molecule has 20 heavy (non-hydrogen) atoms. The fraction of sp³-hybridized carbons (Fsp3) is 0.600. The second-order valence-electron chi connectivity index (χ2n) is 5.15. The fourth-order valence-corrected chi connectivity index (χ4v) is 2.52. The van der Waals surface area contributed by atoms with Crippen molar-refractivity contribution >= 4 is 15.5 Å². The SMILES string of the molecule is CCS(=O)(=O)c1ccc(NCCOCCC(C)C)cc1. The second-order valence-corrected chi connectivity index (χ2v) is 7.43. The van der Waals surface area contributed by atoms with E-state index in [-0.39, 0.29) is 5.75 Å². The lowest BCUT2D eigenvalue weighted by Crippen LogP contribution is -2.11. The molecule has 0 aliphatic rings. The van der Waals surface area contributed by atoms with Gasteiger partial charge in [-0.15, -0.1) is 0 Å². The van der Waals surface area contributed by atoms with Crippen LogP contribution in [0.25, 0.3) is 0 Å². The van der Waals surface area contributed by atoms with Crippen LogP contribution in [0.5, 0.6) is 0 Å². The van der Waals surface area contributed by atoms with Crippen LogP contribution in [0, 0.1) is 5.92 Å². The van der Waals surface area contributed by atoms with E-state index in [4.69, 9.17) is 4.74 Å². The van der Waals surface area contributed by atoms with Gasteiger partial charge in [-0.2, -0.15) is 0 Å². The molecule has 1 aromatic rings. The number of hydrogen-bond acceptors (Lipinski definition) is 4. The number of ether oxygens (including phenoxy) is 1. The number of anilines is 1. The summed E-state index contributed by atoms with van der Waals surface area (Å²) in [5.41, 5.74) is 0.910. The molecule has 0 spiro atoms. The van der Waals surface area contributed by atoms with Crippen LogP contribution in [-0.4, -0.2) is 33.9 Å². The Hall–Kier alpha value is -1.07. The Balaban J connectivity index is 2.32. The van der Waals surface area contributed by atoms with Crippen molar-refractivity contribution in [1.82, 2.24) is 0 Å². The van der Waals surface area contributed by atoms with Crippen molar-refractivity contribution in [2.24, 2.45) is 5.92 Å². The van der Waals surface area contributed by atoms with Crippen molar-refractivity contribution in [3.63, 3.8) is 0 Å². The van der Waals surface area contributed by atoms with Crippen molar-refractivity contribution < 1.29 is 13.2 Å². The minimum Gasteiger partial charge on any atom is -0.383 e. The lowest BCUT2D eigenvalue weighted by Gasteiger charge is -2.09. The van der Waals surface area contributed by atoms with E-state index in [0.29, 0.717) is 17.4 Å². The van der Waals surface area contributed by atoms with E-state index < -0.39 is 9.84 Å². The van der Waals surface area contributed by atoms with Crippen LogP contribution < -0.4 is 5.32 Å². The summed E-state index contributed by atoms with van der Waals surface area (Å²) in [6.07, 6.45) is 1.07. The fourth-order valence-electron chi connectivity index (χ4n) is 1.64. The minimum atomic E-state index is -3.11. The number of sulfone groups is 1. The zero-order chi connectivity index (χ0) is 15.0. The number of nitrogens with one attached hydrogen (secondary N) is 1. The van der Waals surface area contributed by atoms with E-state index in [9.17, 15) is 8.42 Å². The molecule has 0 atom stereocenters. The van der Waals surface area contributed by atoms with Gasteiger partial charge < -0.3 is 10.1 Å². The van der Waals surface area contributed by atoms with Crippen molar-refractivity contribution in [2.75, 3.05) is 30.8 Å². The quantitative estimate of drug-likeness (QED) is 0.712. The molecule has 0 bridgehead atoms. The molecule has 1 N–H and O–H groups in total. The van der Waals surface area contributed by atoms with Crippen molar-refractivity contribution in [2.45, 2.75) is 32.1 Å². The van der Waals surface area contributed by atoms with Crippen LogP contribution in [0.2, 0.25) is 0 Å². The smallest absolute Gasteiger partial charge is 0.178 e. The molecule has 0 heterocycles. The highest BCUT2D eigenvalue weighted by Crippen LogP contribution is 2.15. The van der Waals surface area contributed by atoms with Crippen molar-refractivity contribution in [1.29, 1.82) is 0 Å². The van der Waals surface area contributed by atoms with Gasteiger partial charge in [0.25, 0.3) is 0 Å². The summed E-state index contributed by atoms with van der Waals surface area (Å²) in [7, 11) is -3.11. The maximum atomic E-state index is 11.7. The molecule has 0 saturated carbocycles. The average Bonchev–Trinajstić information content (AvgIpc) is 2.43. The summed E-state index contributed by atoms with van der Waals surface area (Å²) in [6, 6.07) is 6.86. The molecule has 4 nitrogen and oxygen atoms in total. The molecule has 1 rings (SSSR count). The van der Waals surface area contributed by atoms with Crippen LogP contribution in [0.15, 0.2) is 29.2 Å². The Labute approximate surface area is 122 Å². The standard InChI is InChI=1S/C15H25NO3S/c1-4-20(17,18)15-7-5-14(6-8-15)16-10-12-19-11-9-13(2)3/h5-8,13,16H,4,9-12H2,1-3H3. The molecule has 1 aromatic carbocycles. The maximum Gasteiger partial charge on any atom is 0.178 e. The molecule has 0 aliphatic heterocycles. The van der Waals surface area contributed by atoms with E-state index in [1.165, 1.54) is 0 Å². The number of benzene rings is 1. The molecule has 0 aliphatic carbocycles. The lowest BCUT2D eigenvalue weighted by atomic mass is 10.1. The molecule has 0 saturated heterocycles. The zero-order valence-electron chi connectivity index (χ0n) is 12.6. The summed E-state index contributed by atoms with van der Waals surface area (Å²) in [4.78, 5) is 0.374. The Kier molecular flexibility index (Phi) is 7.02. The largest absolute Gasteiger partial charge is 0.383 e. The summed E-state index contributed by atoms with van der Waals surface area (Å²) < 4.78 is 28.8. The molecule has 0 unspecified atom stereocenters. The van der Waals surface area contributed by atoms with Crippen molar-refractivity contribution in [3.8, 4) is 0 Å². The molecule has 0 fully saturated rings. The van der Waals surface area contributed by atoms with E-state index in [2.05, 4.69) is 19.2 Å². The third kappa shape index (κ3) is 5.92. The first kappa shape index (κ1) is 17.0. The maximum absolute atomic E-state index is 11.7. The molecule has 114 valence electrons. The van der Waals surface area contributed by atoms with E-state index in [1.807, 2.05) is 0 Å². The summed E-state index contributed by atoms with van der Waals surface area (Å²) >= 11 is 0. The van der Waals surface area contributed by atoms with Crippen LogP contribution in [0.3, 0.4) is 0 Å². The van der Waals surface area contributed by atoms with Crippen LogP contribution >= 0.6 is 0 Å². The Morgan fingerprint density at radius 1 is 1.15 bits per heavy atom. The molecule has 0 amide bonds. The van der Waals surface area contributed by atoms with Crippen LogP contribution in [0.1, 0.15) is 27.2 Å². The van der Waals surface area contributed by atoms with E-state index in [1.54, 1.807) is 31.2 Å². The van der Waals surface area contributed by atoms with E-state index in [0.717, 1.165) is 25.3 Å². The van der Waals surface area contributed by atoms with Gasteiger partial charge >= 0.3 is 0 Å². The molecular formula is C15H25NO3S. The first-order valence-electron chi connectivity index (χ1n) is 7.10. The molecule has 5 heteroatoms. The monoisotopic (exact) mass is 299 g/mol. The van der Waals surface area contributed by atoms with Gasteiger partial charge in [-0.1, -0.05) is 20.8 Å². The van der Waals surface area contributed by atoms with E-state index >= 15 is 0 Å². The third-order valence-electron chi connectivity index (χ3n) is 3.01. The highest BCUT2D eigenvalue weighted by molar-refractivity contribution is 7.91. The van der Waals surface area contributed by atoms with Crippen molar-refractivity contribution in [3.05, 3.63) is 24.3 Å². The van der Waals surface area contributed by atoms with Gasteiger partial charge in [0.2, 0.25) is 0 Å².